The normalized spacial score (nSPS) is 11.0. The molecule has 0 aromatic carbocycles. The molecule has 0 heterocycles. The molecule has 5 heteroatoms. The van der Waals surface area contributed by atoms with Gasteiger partial charge in [0.2, 0.25) is 0 Å². The van der Waals surface area contributed by atoms with Crippen molar-refractivity contribution in [2.75, 3.05) is 0 Å². The highest BCUT2D eigenvalue weighted by Gasteiger charge is 2.14. The molecular formula is C7H13Cl5. The average Bonchev–Trinajstić information content (AvgIpc) is 1.87. The van der Waals surface area contributed by atoms with Crippen LogP contribution in [-0.4, -0.2) is 8.63 Å². The van der Waals surface area contributed by atoms with Crippen LogP contribution in [0.4, 0.5) is 0 Å². The van der Waals surface area contributed by atoms with Gasteiger partial charge in [-0.05, 0) is 12.8 Å². The monoisotopic (exact) mass is 272 g/mol. The number of halogens is 5. The van der Waals surface area contributed by atoms with E-state index in [9.17, 15) is 0 Å². The van der Waals surface area contributed by atoms with Crippen LogP contribution in [0.5, 0.6) is 0 Å². The van der Waals surface area contributed by atoms with Crippen LogP contribution in [0.3, 0.4) is 0 Å². The van der Waals surface area contributed by atoms with Crippen molar-refractivity contribution in [3.05, 3.63) is 0 Å². The Morgan fingerprint density at radius 1 is 1.08 bits per heavy atom. The maximum absolute atomic E-state index is 5.34. The summed E-state index contributed by atoms with van der Waals surface area (Å²) < 4.78 is -1.04. The lowest BCUT2D eigenvalue weighted by atomic mass is 10.4. The van der Waals surface area contributed by atoms with Crippen molar-refractivity contribution < 1.29 is 0 Å². The Labute approximate surface area is 99.5 Å². The van der Waals surface area contributed by atoms with Crippen molar-refractivity contribution in [1.29, 1.82) is 0 Å². The Morgan fingerprint density at radius 2 is 1.42 bits per heavy atom. The van der Waals surface area contributed by atoms with Gasteiger partial charge in [-0.3, -0.25) is 0 Å². The lowest BCUT2D eigenvalue weighted by molar-refractivity contribution is 0.859. The third-order valence-corrected chi connectivity index (χ3v) is 2.15. The van der Waals surface area contributed by atoms with Crippen molar-refractivity contribution in [3.63, 3.8) is 0 Å². The molecule has 0 aliphatic rings. The van der Waals surface area contributed by atoms with E-state index in [0.717, 1.165) is 12.8 Å². The minimum absolute atomic E-state index is 0.157. The summed E-state index contributed by atoms with van der Waals surface area (Å²) in [6.07, 6.45) is 2.54. The SMILES string of the molecule is CCC(Cl)(Cl)Cl.CCCC(Cl)Cl. The summed E-state index contributed by atoms with van der Waals surface area (Å²) in [5, 5.41) is 0. The van der Waals surface area contributed by atoms with Gasteiger partial charge in [-0.15, -0.1) is 23.2 Å². The molecule has 0 saturated carbocycles. The quantitative estimate of drug-likeness (QED) is 0.595. The number of hydrogen-bond acceptors (Lipinski definition) is 0. The Bertz CT molecular complexity index is 86.3. The fourth-order valence-electron chi connectivity index (χ4n) is 0.218. The van der Waals surface area contributed by atoms with Gasteiger partial charge in [0.1, 0.15) is 4.84 Å². The number of rotatable bonds is 2. The second-order valence-corrected chi connectivity index (χ2v) is 5.94. The molecule has 0 radical (unpaired) electrons. The average molecular weight is 274 g/mol. The van der Waals surface area contributed by atoms with Gasteiger partial charge >= 0.3 is 0 Å². The third-order valence-electron chi connectivity index (χ3n) is 0.908. The van der Waals surface area contributed by atoms with E-state index in [4.69, 9.17) is 58.0 Å². The van der Waals surface area contributed by atoms with E-state index in [-0.39, 0.29) is 4.84 Å². The second-order valence-electron chi connectivity index (χ2n) is 2.15. The summed E-state index contributed by atoms with van der Waals surface area (Å²) in [6, 6.07) is 0. The largest absolute Gasteiger partial charge is 0.190 e. The lowest BCUT2D eigenvalue weighted by Crippen LogP contribution is -1.95. The molecule has 0 saturated heterocycles. The Morgan fingerprint density at radius 3 is 1.42 bits per heavy atom. The maximum atomic E-state index is 5.34. The number of hydrogen-bond donors (Lipinski definition) is 0. The predicted octanol–water partition coefficient (Wildman–Crippen LogP) is 5.36. The van der Waals surface area contributed by atoms with Crippen LogP contribution in [0.25, 0.3) is 0 Å². The molecule has 0 bridgehead atoms. The van der Waals surface area contributed by atoms with Crippen LogP contribution >= 0.6 is 58.0 Å². The van der Waals surface area contributed by atoms with E-state index in [1.54, 1.807) is 0 Å². The zero-order chi connectivity index (χ0) is 10.2. The smallest absolute Gasteiger partial charge is 0.105 e. The molecule has 0 N–H and O–H groups in total. The van der Waals surface area contributed by atoms with E-state index in [0.29, 0.717) is 6.42 Å². The van der Waals surface area contributed by atoms with Crippen LogP contribution in [-0.2, 0) is 0 Å². The molecule has 0 amide bonds. The van der Waals surface area contributed by atoms with E-state index in [1.165, 1.54) is 0 Å². The molecule has 0 spiro atoms. The van der Waals surface area contributed by atoms with Crippen LogP contribution < -0.4 is 0 Å². The first kappa shape index (κ1) is 15.9. The molecule has 0 unspecified atom stereocenters. The Balaban J connectivity index is 0. The van der Waals surface area contributed by atoms with Gasteiger partial charge in [0, 0.05) is 0 Å². The summed E-state index contributed by atoms with van der Waals surface area (Å²) in [5.74, 6) is 0. The van der Waals surface area contributed by atoms with Crippen molar-refractivity contribution in [2.45, 2.75) is 41.7 Å². The van der Waals surface area contributed by atoms with Crippen LogP contribution in [0.15, 0.2) is 0 Å². The van der Waals surface area contributed by atoms with Gasteiger partial charge in [-0.1, -0.05) is 55.1 Å². The third kappa shape index (κ3) is 22.5. The highest BCUT2D eigenvalue weighted by molar-refractivity contribution is 6.67. The molecule has 0 rings (SSSR count). The van der Waals surface area contributed by atoms with Crippen molar-refractivity contribution in [2.24, 2.45) is 0 Å². The van der Waals surface area contributed by atoms with Crippen LogP contribution in [0.1, 0.15) is 33.1 Å². The predicted molar refractivity (Wildman–Crippen MR) is 61.0 cm³/mol. The zero-order valence-corrected chi connectivity index (χ0v) is 10.9. The van der Waals surface area contributed by atoms with Crippen molar-refractivity contribution in [1.82, 2.24) is 0 Å². The fourth-order valence-corrected chi connectivity index (χ4v) is 0.655. The van der Waals surface area contributed by atoms with Gasteiger partial charge in [0.05, 0.1) is 0 Å². The Hall–Kier alpha value is 1.45. The molecule has 0 aromatic rings. The van der Waals surface area contributed by atoms with Gasteiger partial charge in [-0.25, -0.2) is 0 Å². The molecule has 76 valence electrons. The molecule has 0 aliphatic carbocycles. The first-order valence-electron chi connectivity index (χ1n) is 3.68. The topological polar surface area (TPSA) is 0 Å². The molecule has 12 heavy (non-hydrogen) atoms. The standard InChI is InChI=1S/C4H8Cl2.C3H5Cl3/c1-2-3-4(5)6;1-2-3(4,5)6/h4H,2-3H2,1H3;2H2,1H3. The minimum atomic E-state index is -1.04. The van der Waals surface area contributed by atoms with Gasteiger partial charge < -0.3 is 0 Å². The summed E-state index contributed by atoms with van der Waals surface area (Å²) >= 11 is 26.4. The number of alkyl halides is 5. The molecule has 0 aromatic heterocycles. The summed E-state index contributed by atoms with van der Waals surface area (Å²) in [4.78, 5) is -0.157. The van der Waals surface area contributed by atoms with E-state index >= 15 is 0 Å². The first-order chi connectivity index (χ1) is 5.33. The first-order valence-corrected chi connectivity index (χ1v) is 5.69. The maximum Gasteiger partial charge on any atom is 0.190 e. The molecule has 0 atom stereocenters. The van der Waals surface area contributed by atoms with Crippen LogP contribution in [0, 0.1) is 0 Å². The summed E-state index contributed by atoms with van der Waals surface area (Å²) in [7, 11) is 0. The van der Waals surface area contributed by atoms with Crippen LogP contribution in [0.2, 0.25) is 0 Å². The van der Waals surface area contributed by atoms with Crippen molar-refractivity contribution in [3.8, 4) is 0 Å². The van der Waals surface area contributed by atoms with E-state index in [1.807, 2.05) is 6.92 Å². The summed E-state index contributed by atoms with van der Waals surface area (Å²) in [5.41, 5.74) is 0. The molecule has 0 nitrogen and oxygen atoms in total. The molecular weight excluding hydrogens is 261 g/mol. The fraction of sp³-hybridized carbons (Fsp3) is 1.00. The van der Waals surface area contributed by atoms with Crippen molar-refractivity contribution >= 4 is 58.0 Å². The van der Waals surface area contributed by atoms with Gasteiger partial charge in [0.25, 0.3) is 0 Å². The second kappa shape index (κ2) is 9.02. The zero-order valence-electron chi connectivity index (χ0n) is 7.09. The highest BCUT2D eigenvalue weighted by atomic mass is 35.6. The van der Waals surface area contributed by atoms with E-state index < -0.39 is 3.79 Å². The van der Waals surface area contributed by atoms with E-state index in [2.05, 4.69) is 6.92 Å². The summed E-state index contributed by atoms with van der Waals surface area (Å²) in [6.45, 7) is 3.87. The molecule has 0 fully saturated rings. The lowest BCUT2D eigenvalue weighted by Gasteiger charge is -2.02. The minimum Gasteiger partial charge on any atom is -0.105 e. The molecule has 0 aliphatic heterocycles. The van der Waals surface area contributed by atoms with Gasteiger partial charge in [-0.2, -0.15) is 0 Å². The van der Waals surface area contributed by atoms with Gasteiger partial charge in [0.15, 0.2) is 3.79 Å². The Kier molecular flexibility index (Phi) is 12.0. The highest BCUT2D eigenvalue weighted by Crippen LogP contribution is 2.28.